The third-order valence-electron chi connectivity index (χ3n) is 12.5. The number of alkyl carbamates (subject to hydrolysis) is 2. The second-order valence-corrected chi connectivity index (χ2v) is 17.2. The fraction of sp³-hybridized carbons (Fsp3) is 0.556. The van der Waals surface area contributed by atoms with Crippen LogP contribution < -0.4 is 10.6 Å². The molecule has 4 amide bonds. The summed E-state index contributed by atoms with van der Waals surface area (Å²) in [7, 11) is 2.58. The average molecular weight is 805 g/mol. The molecule has 2 aromatic heterocycles. The van der Waals surface area contributed by atoms with Gasteiger partial charge in [0, 0.05) is 24.2 Å². The van der Waals surface area contributed by atoms with E-state index in [4.69, 9.17) is 9.47 Å². The van der Waals surface area contributed by atoms with Gasteiger partial charge >= 0.3 is 12.2 Å². The topological polar surface area (TPSA) is 175 Å². The van der Waals surface area contributed by atoms with Gasteiger partial charge in [0.15, 0.2) is 0 Å². The van der Waals surface area contributed by atoms with Gasteiger partial charge in [-0.25, -0.2) is 19.6 Å². The summed E-state index contributed by atoms with van der Waals surface area (Å²) in [6.07, 6.45) is 12.3. The van der Waals surface area contributed by atoms with E-state index in [-0.39, 0.29) is 41.1 Å². The van der Waals surface area contributed by atoms with Gasteiger partial charge in [-0.05, 0) is 104 Å². The number of carbonyl (C=O) groups excluding carboxylic acids is 4. The van der Waals surface area contributed by atoms with E-state index >= 15 is 0 Å². The van der Waals surface area contributed by atoms with Crippen LogP contribution >= 0.6 is 0 Å². The van der Waals surface area contributed by atoms with Crippen LogP contribution in [0, 0.1) is 40.9 Å². The normalized spacial score (nSPS) is 20.1. The van der Waals surface area contributed by atoms with Gasteiger partial charge in [0.05, 0.1) is 38.7 Å². The molecule has 4 aliphatic rings. The summed E-state index contributed by atoms with van der Waals surface area (Å²) in [6.45, 7) is 8.74. The molecule has 1 aromatic carbocycles. The fourth-order valence-corrected chi connectivity index (χ4v) is 9.40. The lowest BCUT2D eigenvalue weighted by atomic mass is 9.83. The molecule has 14 heteroatoms. The first-order chi connectivity index (χ1) is 28.4. The molecule has 4 heterocycles. The van der Waals surface area contributed by atoms with Crippen molar-refractivity contribution in [1.29, 1.82) is 0 Å². The summed E-state index contributed by atoms with van der Waals surface area (Å²) in [5, 5.41) is 5.40. The highest BCUT2D eigenvalue weighted by Gasteiger charge is 2.41. The summed E-state index contributed by atoms with van der Waals surface area (Å²) < 4.78 is 9.55. The van der Waals surface area contributed by atoms with Crippen LogP contribution in [0.1, 0.15) is 136 Å². The van der Waals surface area contributed by atoms with Crippen molar-refractivity contribution in [2.45, 2.75) is 116 Å². The molecule has 2 aliphatic heterocycles. The van der Waals surface area contributed by atoms with Crippen LogP contribution in [-0.2, 0) is 31.9 Å². The number of ether oxygens (including phenoxy) is 2. The number of hydrogen-bond acceptors (Lipinski definition) is 8. The largest absolute Gasteiger partial charge is 0.453 e. The molecule has 3 aromatic rings. The van der Waals surface area contributed by atoms with Gasteiger partial charge in [0.25, 0.3) is 0 Å². The highest BCUT2D eigenvalue weighted by molar-refractivity contribution is 5.87. The summed E-state index contributed by atoms with van der Waals surface area (Å²) in [5.41, 5.74) is 6.03. The Hall–Kier alpha value is -5.76. The van der Waals surface area contributed by atoms with Crippen molar-refractivity contribution in [3.8, 4) is 23.7 Å². The maximum atomic E-state index is 13.6. The highest BCUT2D eigenvalue weighted by Crippen LogP contribution is 2.49. The molecule has 59 heavy (non-hydrogen) atoms. The molecule has 312 valence electrons. The van der Waals surface area contributed by atoms with Gasteiger partial charge < -0.3 is 39.9 Å². The zero-order chi connectivity index (χ0) is 41.8. The molecule has 2 aliphatic carbocycles. The molecule has 0 radical (unpaired) electrons. The molecular formula is C45H56N8O6. The van der Waals surface area contributed by atoms with Crippen molar-refractivity contribution in [2.75, 3.05) is 27.3 Å². The Bertz CT molecular complexity index is 2190. The van der Waals surface area contributed by atoms with E-state index in [0.717, 1.165) is 49.7 Å². The molecule has 4 unspecified atom stereocenters. The smallest absolute Gasteiger partial charge is 0.407 e. The minimum atomic E-state index is -0.706. The number of amides is 4. The molecular weight excluding hydrogens is 749 g/mol. The Kier molecular flexibility index (Phi) is 12.4. The van der Waals surface area contributed by atoms with Gasteiger partial charge in [-0.1, -0.05) is 52.4 Å². The van der Waals surface area contributed by atoms with Crippen molar-refractivity contribution in [1.82, 2.24) is 40.4 Å². The summed E-state index contributed by atoms with van der Waals surface area (Å²) in [4.78, 5) is 71.0. The van der Waals surface area contributed by atoms with Crippen LogP contribution in [0.15, 0.2) is 24.5 Å². The Labute approximate surface area is 346 Å². The lowest BCUT2D eigenvalue weighted by molar-refractivity contribution is -0.136. The molecule has 4 atom stereocenters. The van der Waals surface area contributed by atoms with Gasteiger partial charge in [-0.2, -0.15) is 0 Å². The van der Waals surface area contributed by atoms with E-state index in [0.29, 0.717) is 36.1 Å². The monoisotopic (exact) mass is 804 g/mol. The van der Waals surface area contributed by atoms with Crippen LogP contribution in [0.3, 0.4) is 0 Å². The Morgan fingerprint density at radius 3 is 1.73 bits per heavy atom. The predicted molar refractivity (Wildman–Crippen MR) is 220 cm³/mol. The number of H-pyrrole nitrogens is 2. The van der Waals surface area contributed by atoms with Crippen LogP contribution in [0.2, 0.25) is 0 Å². The van der Waals surface area contributed by atoms with Gasteiger partial charge in [-0.3, -0.25) is 9.59 Å². The molecule has 0 bridgehead atoms. The third-order valence-corrected chi connectivity index (χ3v) is 12.5. The zero-order valence-electron chi connectivity index (χ0n) is 35.0. The Balaban J connectivity index is 1.11. The Morgan fingerprint density at radius 1 is 0.729 bits per heavy atom. The van der Waals surface area contributed by atoms with E-state index in [1.54, 1.807) is 22.2 Å². The first-order valence-corrected chi connectivity index (χ1v) is 21.0. The zero-order valence-corrected chi connectivity index (χ0v) is 35.0. The van der Waals surface area contributed by atoms with Crippen molar-refractivity contribution in [3.05, 3.63) is 69.8 Å². The van der Waals surface area contributed by atoms with Crippen molar-refractivity contribution < 1.29 is 28.7 Å². The molecule has 1 spiro atoms. The summed E-state index contributed by atoms with van der Waals surface area (Å²) >= 11 is 0. The fourth-order valence-electron chi connectivity index (χ4n) is 9.40. The number of nitrogens with one attached hydrogen (secondary N) is 4. The number of rotatable bonds is 8. The SMILES string of the molecule is COC(=O)NC(C(=O)N1CCCC1c1ncc(C#Cc2cc(C#Cc3cnc(C4CCCN4C(=O)C(NC(=O)OC)C(C)C)[nH]3)c3c(c2)CC2(CCCC2)C3)[nH]1)C(C)C. The minimum absolute atomic E-state index is 0.120. The number of methoxy groups -OCH3 is 2. The highest BCUT2D eigenvalue weighted by atomic mass is 16.5. The minimum Gasteiger partial charge on any atom is -0.453 e. The number of aromatic amines is 2. The number of imidazole rings is 2. The van der Waals surface area contributed by atoms with Crippen molar-refractivity contribution >= 4 is 24.0 Å². The number of nitrogens with zero attached hydrogens (tertiary/aromatic N) is 4. The number of aromatic nitrogens is 4. The average Bonchev–Trinajstić information content (AvgIpc) is 4.08. The van der Waals surface area contributed by atoms with E-state index in [2.05, 4.69) is 66.4 Å². The molecule has 14 nitrogen and oxygen atoms in total. The molecule has 7 rings (SSSR count). The van der Waals surface area contributed by atoms with Crippen LogP contribution in [-0.4, -0.2) is 93.1 Å². The lowest BCUT2D eigenvalue weighted by Crippen LogP contribution is -2.51. The standard InChI is InChI=1S/C45H56N8O6/c1-27(2)37(50-43(56)58-5)41(54)52-19-9-11-35(52)39-46-25-32(48-39)15-13-29-21-30(34-24-45(17-7-8-18-45)23-31(34)22-29)14-16-33-26-47-40(49-33)36-12-10-20-53(36)42(55)38(28(3)4)51-44(57)59-6/h21-22,25-28,35-38H,7-12,17-20,23-24H2,1-6H3,(H,46,48)(H,47,49)(H,50,56)(H,51,57). The van der Waals surface area contributed by atoms with Crippen molar-refractivity contribution in [3.63, 3.8) is 0 Å². The maximum Gasteiger partial charge on any atom is 0.407 e. The van der Waals surface area contributed by atoms with Crippen LogP contribution in [0.4, 0.5) is 9.59 Å². The predicted octanol–water partition coefficient (Wildman–Crippen LogP) is 5.68. The second-order valence-electron chi connectivity index (χ2n) is 17.2. The summed E-state index contributed by atoms with van der Waals surface area (Å²) in [6, 6.07) is 2.39. The Morgan fingerprint density at radius 2 is 1.24 bits per heavy atom. The lowest BCUT2D eigenvalue weighted by Gasteiger charge is -2.29. The van der Waals surface area contributed by atoms with Gasteiger partial charge in [0.1, 0.15) is 35.1 Å². The second kappa shape index (κ2) is 17.6. The van der Waals surface area contributed by atoms with E-state index in [1.165, 1.54) is 51.0 Å². The first-order valence-electron chi connectivity index (χ1n) is 21.0. The number of benzene rings is 1. The number of likely N-dealkylation sites (tertiary alicyclic amines) is 2. The van der Waals surface area contributed by atoms with Crippen LogP contribution in [0.25, 0.3) is 0 Å². The van der Waals surface area contributed by atoms with E-state index in [9.17, 15) is 19.2 Å². The number of hydrogen-bond donors (Lipinski definition) is 4. The van der Waals surface area contributed by atoms with E-state index in [1.807, 2.05) is 27.7 Å². The van der Waals surface area contributed by atoms with Gasteiger partial charge in [-0.15, -0.1) is 0 Å². The number of fused-ring (bicyclic) bond motifs is 1. The summed E-state index contributed by atoms with van der Waals surface area (Å²) in [5.74, 6) is 14.3. The van der Waals surface area contributed by atoms with Crippen molar-refractivity contribution in [2.24, 2.45) is 17.3 Å². The molecule has 2 saturated heterocycles. The van der Waals surface area contributed by atoms with E-state index < -0.39 is 24.3 Å². The quantitative estimate of drug-likeness (QED) is 0.211. The number of carbonyl (C=O) groups is 4. The maximum absolute atomic E-state index is 13.6. The van der Waals surface area contributed by atoms with Gasteiger partial charge in [0.2, 0.25) is 11.8 Å². The third kappa shape index (κ3) is 8.97. The molecule has 4 N–H and O–H groups in total. The van der Waals surface area contributed by atoms with Crippen LogP contribution in [0.5, 0.6) is 0 Å². The molecule has 1 saturated carbocycles. The first kappa shape index (κ1) is 41.4. The molecule has 3 fully saturated rings.